The Morgan fingerprint density at radius 1 is 1.59 bits per heavy atom. The Morgan fingerprint density at radius 3 is 3.00 bits per heavy atom. The second kappa shape index (κ2) is 7.26. The third kappa shape index (κ3) is 4.56. The number of hydrogen-bond donors (Lipinski definition) is 1. The molecule has 1 atom stereocenters. The molecule has 22 heavy (non-hydrogen) atoms. The summed E-state index contributed by atoms with van der Waals surface area (Å²) in [6.07, 6.45) is 6.50. The first kappa shape index (κ1) is 17.0. The van der Waals surface area contributed by atoms with Crippen molar-refractivity contribution in [3.8, 4) is 6.07 Å². The van der Waals surface area contributed by atoms with Gasteiger partial charge in [0.2, 0.25) is 10.0 Å². The van der Waals surface area contributed by atoms with Crippen LogP contribution in [0.15, 0.2) is 11.4 Å². The molecule has 2 heterocycles. The number of anilines is 1. The van der Waals surface area contributed by atoms with Crippen LogP contribution in [0, 0.1) is 17.2 Å². The number of nitrogens with zero attached hydrogens (tertiary/aromatic N) is 4. The van der Waals surface area contributed by atoms with Crippen molar-refractivity contribution in [1.29, 1.82) is 5.26 Å². The lowest BCUT2D eigenvalue weighted by molar-refractivity contribution is 0.409. The maximum absolute atomic E-state index is 11.2. The van der Waals surface area contributed by atoms with Crippen molar-refractivity contribution < 1.29 is 8.42 Å². The fourth-order valence-corrected chi connectivity index (χ4v) is 3.34. The molecule has 1 N–H and O–H groups in total. The quantitative estimate of drug-likeness (QED) is 0.625. The van der Waals surface area contributed by atoms with E-state index in [0.29, 0.717) is 29.6 Å². The third-order valence-electron chi connectivity index (χ3n) is 3.50. The number of hydrogen-bond acceptors (Lipinski definition) is 7. The van der Waals surface area contributed by atoms with Crippen LogP contribution in [-0.4, -0.2) is 50.5 Å². The molecule has 120 valence electrons. The summed E-state index contributed by atoms with van der Waals surface area (Å²) < 4.78 is 25.0. The molecule has 0 aliphatic carbocycles. The van der Waals surface area contributed by atoms with Gasteiger partial charge in [0.15, 0.2) is 11.0 Å². The van der Waals surface area contributed by atoms with Gasteiger partial charge < -0.3 is 4.90 Å². The van der Waals surface area contributed by atoms with Crippen molar-refractivity contribution in [2.45, 2.75) is 18.0 Å². The highest BCUT2D eigenvalue weighted by molar-refractivity contribution is 7.98. The summed E-state index contributed by atoms with van der Waals surface area (Å²) in [7, 11) is -3.18. The summed E-state index contributed by atoms with van der Waals surface area (Å²) >= 11 is 1.43. The van der Waals surface area contributed by atoms with E-state index in [1.807, 2.05) is 6.26 Å². The van der Waals surface area contributed by atoms with Gasteiger partial charge in [0.1, 0.15) is 11.6 Å². The molecule has 0 bridgehead atoms. The summed E-state index contributed by atoms with van der Waals surface area (Å²) in [5.41, 5.74) is 0.453. The van der Waals surface area contributed by atoms with E-state index in [4.69, 9.17) is 0 Å². The molecule has 0 radical (unpaired) electrons. The fourth-order valence-electron chi connectivity index (χ4n) is 2.47. The van der Waals surface area contributed by atoms with Gasteiger partial charge in [-0.1, -0.05) is 11.8 Å². The van der Waals surface area contributed by atoms with E-state index < -0.39 is 10.0 Å². The zero-order chi connectivity index (χ0) is 16.2. The molecule has 1 unspecified atom stereocenters. The molecule has 1 saturated heterocycles. The maximum Gasteiger partial charge on any atom is 0.208 e. The molecule has 7 nitrogen and oxygen atoms in total. The van der Waals surface area contributed by atoms with Crippen LogP contribution in [0.1, 0.15) is 18.4 Å². The van der Waals surface area contributed by atoms with Crippen LogP contribution < -0.4 is 9.62 Å². The molecule has 9 heteroatoms. The van der Waals surface area contributed by atoms with Gasteiger partial charge in [-0.05, 0) is 25.0 Å². The predicted molar refractivity (Wildman–Crippen MR) is 86.3 cm³/mol. The van der Waals surface area contributed by atoms with Crippen molar-refractivity contribution in [3.63, 3.8) is 0 Å². The molecule has 0 spiro atoms. The van der Waals surface area contributed by atoms with E-state index in [1.54, 1.807) is 6.20 Å². The van der Waals surface area contributed by atoms with Gasteiger partial charge in [-0.2, -0.15) is 5.26 Å². The van der Waals surface area contributed by atoms with Crippen LogP contribution in [0.5, 0.6) is 0 Å². The Labute approximate surface area is 135 Å². The molecule has 1 aromatic heterocycles. The largest absolute Gasteiger partial charge is 0.355 e. The lowest BCUT2D eigenvalue weighted by Gasteiger charge is -2.34. The molecule has 0 saturated carbocycles. The van der Waals surface area contributed by atoms with E-state index in [9.17, 15) is 13.7 Å². The second-order valence-electron chi connectivity index (χ2n) is 5.28. The first-order valence-corrected chi connectivity index (χ1v) is 10.0. The number of rotatable bonds is 5. The molecule has 0 amide bonds. The van der Waals surface area contributed by atoms with Crippen molar-refractivity contribution >= 4 is 27.6 Å². The first-order chi connectivity index (χ1) is 10.4. The van der Waals surface area contributed by atoms with Crippen molar-refractivity contribution in [1.82, 2.24) is 14.7 Å². The Morgan fingerprint density at radius 2 is 2.36 bits per heavy atom. The molecule has 1 fully saturated rings. The second-order valence-corrected chi connectivity index (χ2v) is 7.89. The van der Waals surface area contributed by atoms with Crippen molar-refractivity contribution in [2.75, 3.05) is 37.0 Å². The Hall–Kier alpha value is -1.37. The zero-order valence-electron chi connectivity index (χ0n) is 12.6. The van der Waals surface area contributed by atoms with Gasteiger partial charge in [0.25, 0.3) is 0 Å². The Balaban J connectivity index is 2.13. The van der Waals surface area contributed by atoms with Gasteiger partial charge >= 0.3 is 0 Å². The smallest absolute Gasteiger partial charge is 0.208 e. The average molecular weight is 341 g/mol. The minimum atomic E-state index is -3.18. The molecule has 1 aliphatic heterocycles. The molecular formula is C13H19N5O2S2. The highest BCUT2D eigenvalue weighted by atomic mass is 32.2. The predicted octanol–water partition coefficient (Wildman–Crippen LogP) is 0.836. The molecule has 1 aliphatic rings. The molecular weight excluding hydrogens is 322 g/mol. The topological polar surface area (TPSA) is 99.0 Å². The van der Waals surface area contributed by atoms with Gasteiger partial charge in [0.05, 0.1) is 12.5 Å². The summed E-state index contributed by atoms with van der Waals surface area (Å²) in [6.45, 7) is 1.91. The highest BCUT2D eigenvalue weighted by Gasteiger charge is 2.24. The van der Waals surface area contributed by atoms with E-state index in [0.717, 1.165) is 25.6 Å². The van der Waals surface area contributed by atoms with Crippen LogP contribution >= 0.6 is 11.8 Å². The van der Waals surface area contributed by atoms with E-state index in [1.165, 1.54) is 11.8 Å². The minimum Gasteiger partial charge on any atom is -0.355 e. The lowest BCUT2D eigenvalue weighted by Crippen LogP contribution is -2.41. The van der Waals surface area contributed by atoms with Crippen molar-refractivity contribution in [3.05, 3.63) is 11.8 Å². The summed E-state index contributed by atoms with van der Waals surface area (Å²) in [5.74, 6) is 0.855. The Kier molecular flexibility index (Phi) is 5.61. The lowest BCUT2D eigenvalue weighted by atomic mass is 9.98. The molecule has 1 aromatic rings. The number of nitriles is 1. The minimum absolute atomic E-state index is 0.211. The number of sulfonamides is 1. The average Bonchev–Trinajstić information content (AvgIpc) is 2.52. The third-order valence-corrected chi connectivity index (χ3v) is 4.76. The van der Waals surface area contributed by atoms with Gasteiger partial charge in [-0.3, -0.25) is 0 Å². The molecule has 0 aromatic carbocycles. The fraction of sp³-hybridized carbons (Fsp3) is 0.615. The number of thioether (sulfide) groups is 1. The SMILES string of the molecule is CSc1ncc(C#N)c(N2CCCC(CNS(C)(=O)=O)C2)n1. The number of piperidine rings is 1. The Bertz CT molecular complexity index is 671. The van der Waals surface area contributed by atoms with Crippen LogP contribution in [-0.2, 0) is 10.0 Å². The van der Waals surface area contributed by atoms with Gasteiger partial charge in [-0.25, -0.2) is 23.1 Å². The number of aromatic nitrogens is 2. The number of nitrogens with one attached hydrogen (secondary N) is 1. The maximum atomic E-state index is 11.2. The van der Waals surface area contributed by atoms with E-state index in [-0.39, 0.29) is 5.92 Å². The van der Waals surface area contributed by atoms with Crippen LogP contribution in [0.4, 0.5) is 5.82 Å². The van der Waals surface area contributed by atoms with Crippen LogP contribution in [0.25, 0.3) is 0 Å². The summed E-state index contributed by atoms with van der Waals surface area (Å²) in [4.78, 5) is 10.6. The highest BCUT2D eigenvalue weighted by Crippen LogP contribution is 2.25. The molecule has 2 rings (SSSR count). The van der Waals surface area contributed by atoms with Gasteiger partial charge in [-0.15, -0.1) is 0 Å². The monoisotopic (exact) mass is 341 g/mol. The van der Waals surface area contributed by atoms with E-state index >= 15 is 0 Å². The summed E-state index contributed by atoms with van der Waals surface area (Å²) in [6, 6.07) is 2.13. The normalized spacial score (nSPS) is 19.0. The van der Waals surface area contributed by atoms with Crippen LogP contribution in [0.2, 0.25) is 0 Å². The first-order valence-electron chi connectivity index (χ1n) is 6.93. The standard InChI is InChI=1S/C13H19N5O2S2/c1-21-13-15-8-11(6-14)12(17-13)18-5-3-4-10(9-18)7-16-22(2,19)20/h8,10,16H,3-5,7,9H2,1-2H3. The van der Waals surface area contributed by atoms with Crippen LogP contribution in [0.3, 0.4) is 0 Å². The van der Waals surface area contributed by atoms with Crippen molar-refractivity contribution in [2.24, 2.45) is 5.92 Å². The zero-order valence-corrected chi connectivity index (χ0v) is 14.2. The summed E-state index contributed by atoms with van der Waals surface area (Å²) in [5, 5.41) is 9.86. The van der Waals surface area contributed by atoms with E-state index in [2.05, 4.69) is 25.7 Å². The van der Waals surface area contributed by atoms with Gasteiger partial charge in [0, 0.05) is 19.6 Å².